The Morgan fingerprint density at radius 1 is 1.29 bits per heavy atom. The van der Waals surface area contributed by atoms with Gasteiger partial charge < -0.3 is 5.11 Å². The van der Waals surface area contributed by atoms with Crippen LogP contribution in [0, 0.1) is 24.2 Å². The number of hydrogen-bond acceptors (Lipinski definition) is 2. The maximum absolute atomic E-state index is 9.56. The first-order valence-corrected chi connectivity index (χ1v) is 6.16. The van der Waals surface area contributed by atoms with Gasteiger partial charge in [-0.05, 0) is 31.2 Å². The molecule has 0 radical (unpaired) electrons. The zero-order valence-electron chi connectivity index (χ0n) is 10.9. The first kappa shape index (κ1) is 13.7. The van der Waals surface area contributed by atoms with Gasteiger partial charge in [-0.3, -0.25) is 0 Å². The number of aliphatic hydroxyl groups excluding tert-OH is 1. The number of aryl methyl sites for hydroxylation is 1. The van der Waals surface area contributed by atoms with Crippen LogP contribution < -0.4 is 0 Å². The summed E-state index contributed by atoms with van der Waals surface area (Å²) in [5.41, 5.74) is 1.79. The number of aliphatic hydroxyl groups is 1. The van der Waals surface area contributed by atoms with Crippen LogP contribution in [0.2, 0.25) is 0 Å². The van der Waals surface area contributed by atoms with Crippen molar-refractivity contribution >= 4 is 0 Å². The molecule has 0 spiro atoms. The minimum Gasteiger partial charge on any atom is -0.396 e. The van der Waals surface area contributed by atoms with Crippen LogP contribution in [0.15, 0.2) is 24.3 Å². The van der Waals surface area contributed by atoms with E-state index >= 15 is 0 Å². The molecule has 0 aliphatic heterocycles. The van der Waals surface area contributed by atoms with Crippen LogP contribution >= 0.6 is 0 Å². The zero-order chi connectivity index (χ0) is 12.9. The lowest BCUT2D eigenvalue weighted by Gasteiger charge is -2.31. The van der Waals surface area contributed by atoms with E-state index in [-0.39, 0.29) is 12.5 Å². The van der Waals surface area contributed by atoms with Crippen molar-refractivity contribution in [3.05, 3.63) is 35.4 Å². The first-order valence-electron chi connectivity index (χ1n) is 6.16. The molecule has 92 valence electrons. The summed E-state index contributed by atoms with van der Waals surface area (Å²) in [7, 11) is 0. The maximum Gasteiger partial charge on any atom is 0.0846 e. The quantitative estimate of drug-likeness (QED) is 0.845. The second-order valence-electron chi connectivity index (χ2n) is 4.93. The third kappa shape index (κ3) is 2.87. The Balaban J connectivity index is 3.13. The molecule has 0 amide bonds. The lowest BCUT2D eigenvalue weighted by Crippen LogP contribution is -2.31. The average Bonchev–Trinajstić information content (AvgIpc) is 2.32. The fraction of sp³-hybridized carbons (Fsp3) is 0.533. The largest absolute Gasteiger partial charge is 0.396 e. The molecule has 0 aliphatic rings. The molecule has 1 aromatic rings. The highest BCUT2D eigenvalue weighted by Gasteiger charge is 2.35. The van der Waals surface area contributed by atoms with Crippen molar-refractivity contribution in [2.45, 2.75) is 39.0 Å². The lowest BCUT2D eigenvalue weighted by molar-refractivity contribution is 0.257. The van der Waals surface area contributed by atoms with Gasteiger partial charge in [0.25, 0.3) is 0 Å². The smallest absolute Gasteiger partial charge is 0.0846 e. The van der Waals surface area contributed by atoms with Gasteiger partial charge in [-0.2, -0.15) is 5.26 Å². The lowest BCUT2D eigenvalue weighted by atomic mass is 9.70. The van der Waals surface area contributed by atoms with Crippen LogP contribution in [0.4, 0.5) is 0 Å². The molecule has 1 N–H and O–H groups in total. The van der Waals surface area contributed by atoms with Crippen LogP contribution in [0.5, 0.6) is 0 Å². The van der Waals surface area contributed by atoms with Gasteiger partial charge in [0.1, 0.15) is 0 Å². The Bertz CT molecular complexity index is 388. The Morgan fingerprint density at radius 2 is 1.88 bits per heavy atom. The van der Waals surface area contributed by atoms with Crippen molar-refractivity contribution in [2.24, 2.45) is 5.92 Å². The molecule has 1 unspecified atom stereocenters. The molecule has 0 bridgehead atoms. The Hall–Kier alpha value is -1.33. The molecule has 0 aromatic heterocycles. The molecule has 0 heterocycles. The summed E-state index contributed by atoms with van der Waals surface area (Å²) < 4.78 is 0. The van der Waals surface area contributed by atoms with Crippen LogP contribution in [0.25, 0.3) is 0 Å². The fourth-order valence-corrected chi connectivity index (χ4v) is 2.22. The van der Waals surface area contributed by atoms with Crippen LogP contribution in [-0.2, 0) is 5.41 Å². The maximum atomic E-state index is 9.56. The highest BCUT2D eigenvalue weighted by molar-refractivity contribution is 5.35. The van der Waals surface area contributed by atoms with E-state index in [1.165, 1.54) is 5.56 Å². The van der Waals surface area contributed by atoms with Crippen LogP contribution in [-0.4, -0.2) is 11.7 Å². The summed E-state index contributed by atoms with van der Waals surface area (Å²) in [6.07, 6.45) is 1.38. The van der Waals surface area contributed by atoms with Gasteiger partial charge in [0.2, 0.25) is 0 Å². The summed E-state index contributed by atoms with van der Waals surface area (Å²) in [4.78, 5) is 0. The van der Waals surface area contributed by atoms with E-state index < -0.39 is 5.41 Å². The van der Waals surface area contributed by atoms with Crippen LogP contribution in [0.1, 0.15) is 37.8 Å². The van der Waals surface area contributed by atoms with Crippen LogP contribution in [0.3, 0.4) is 0 Å². The van der Waals surface area contributed by atoms with E-state index in [1.807, 2.05) is 31.2 Å². The minimum atomic E-state index is -0.476. The predicted octanol–water partition coefficient (Wildman–Crippen LogP) is 3.18. The number of hydrogen-bond donors (Lipinski definition) is 1. The Labute approximate surface area is 104 Å². The van der Waals surface area contributed by atoms with E-state index in [9.17, 15) is 5.26 Å². The van der Waals surface area contributed by atoms with Gasteiger partial charge in [-0.15, -0.1) is 0 Å². The van der Waals surface area contributed by atoms with Gasteiger partial charge >= 0.3 is 0 Å². The van der Waals surface area contributed by atoms with Gasteiger partial charge in [-0.1, -0.05) is 43.7 Å². The topological polar surface area (TPSA) is 44.0 Å². The number of benzene rings is 1. The summed E-state index contributed by atoms with van der Waals surface area (Å²) in [5, 5.41) is 18.6. The van der Waals surface area contributed by atoms with E-state index in [0.29, 0.717) is 12.8 Å². The summed E-state index contributed by atoms with van der Waals surface area (Å²) in [5.74, 6) is 0.238. The highest BCUT2D eigenvalue weighted by atomic mass is 16.2. The van der Waals surface area contributed by atoms with E-state index in [4.69, 9.17) is 5.11 Å². The van der Waals surface area contributed by atoms with Crippen molar-refractivity contribution in [1.82, 2.24) is 0 Å². The molecule has 1 rings (SSSR count). The first-order chi connectivity index (χ1) is 8.06. The Morgan fingerprint density at radius 3 is 2.29 bits per heavy atom. The second-order valence-corrected chi connectivity index (χ2v) is 4.93. The van der Waals surface area contributed by atoms with Crippen molar-refractivity contribution < 1.29 is 5.11 Å². The second kappa shape index (κ2) is 5.84. The van der Waals surface area contributed by atoms with Gasteiger partial charge in [0.05, 0.1) is 11.5 Å². The van der Waals surface area contributed by atoms with E-state index in [1.54, 1.807) is 0 Å². The summed E-state index contributed by atoms with van der Waals surface area (Å²) >= 11 is 0. The predicted molar refractivity (Wildman–Crippen MR) is 69.6 cm³/mol. The molecule has 0 saturated carbocycles. The van der Waals surface area contributed by atoms with Crippen molar-refractivity contribution in [3.8, 4) is 6.07 Å². The molecule has 0 aliphatic carbocycles. The standard InChI is InChI=1S/C15H21NO/c1-12(2)15(11-16,9-4-10-17)14-7-5-13(3)6-8-14/h5-8,12,17H,4,9-10H2,1-3H3. The zero-order valence-corrected chi connectivity index (χ0v) is 10.9. The molecule has 1 atom stereocenters. The molecule has 0 fully saturated rings. The number of nitriles is 1. The summed E-state index contributed by atoms with van der Waals surface area (Å²) in [6.45, 7) is 6.32. The molecule has 17 heavy (non-hydrogen) atoms. The average molecular weight is 231 g/mol. The number of rotatable bonds is 5. The van der Waals surface area contributed by atoms with Gasteiger partial charge in [-0.25, -0.2) is 0 Å². The molecule has 2 nitrogen and oxygen atoms in total. The fourth-order valence-electron chi connectivity index (χ4n) is 2.22. The third-order valence-electron chi connectivity index (χ3n) is 3.48. The molecule has 1 aromatic carbocycles. The molecule has 0 saturated heterocycles. The van der Waals surface area contributed by atoms with Crippen molar-refractivity contribution in [2.75, 3.05) is 6.61 Å². The minimum absolute atomic E-state index is 0.141. The monoisotopic (exact) mass is 231 g/mol. The normalized spacial score (nSPS) is 14.4. The molecular formula is C15H21NO. The molecule has 2 heteroatoms. The van der Waals surface area contributed by atoms with Crippen molar-refractivity contribution in [1.29, 1.82) is 5.26 Å². The summed E-state index contributed by atoms with van der Waals surface area (Å²) in [6, 6.07) is 10.6. The number of nitrogens with zero attached hydrogens (tertiary/aromatic N) is 1. The van der Waals surface area contributed by atoms with Gasteiger partial charge in [0.15, 0.2) is 0 Å². The third-order valence-corrected chi connectivity index (χ3v) is 3.48. The highest BCUT2D eigenvalue weighted by Crippen LogP contribution is 2.36. The molecular weight excluding hydrogens is 210 g/mol. The van der Waals surface area contributed by atoms with Crippen molar-refractivity contribution in [3.63, 3.8) is 0 Å². The van der Waals surface area contributed by atoms with Gasteiger partial charge in [0, 0.05) is 6.61 Å². The SMILES string of the molecule is Cc1ccc(C(C#N)(CCCO)C(C)C)cc1. The van der Waals surface area contributed by atoms with E-state index in [2.05, 4.69) is 19.9 Å². The van der Waals surface area contributed by atoms with E-state index in [0.717, 1.165) is 5.56 Å². The Kier molecular flexibility index (Phi) is 4.72.